The maximum absolute atomic E-state index is 6.40. The third-order valence-electron chi connectivity index (χ3n) is 5.33. The molecule has 0 spiro atoms. The lowest BCUT2D eigenvalue weighted by atomic mass is 9.98. The van der Waals surface area contributed by atoms with Crippen LogP contribution in [0.2, 0.25) is 5.02 Å². The fourth-order valence-electron chi connectivity index (χ4n) is 3.81. The molecule has 0 atom stereocenters. The fourth-order valence-corrected chi connectivity index (χ4v) is 4.02. The zero-order valence-electron chi connectivity index (χ0n) is 15.3. The molecule has 25 heavy (non-hydrogen) atoms. The Morgan fingerprint density at radius 3 is 2.00 bits per heavy atom. The highest BCUT2D eigenvalue weighted by Crippen LogP contribution is 2.30. The molecule has 140 valence electrons. The number of nitrogens with zero attached hydrogens (tertiary/aromatic N) is 4. The fraction of sp³-hybridized carbons (Fsp3) is 0.778. The molecule has 0 saturated carbocycles. The van der Waals surface area contributed by atoms with Crippen molar-refractivity contribution < 1.29 is 9.47 Å². The van der Waals surface area contributed by atoms with Crippen molar-refractivity contribution in [3.05, 3.63) is 11.2 Å². The molecule has 1 aromatic heterocycles. The first-order valence-corrected chi connectivity index (χ1v) is 9.59. The summed E-state index contributed by atoms with van der Waals surface area (Å²) in [6, 6.07) is 0. The number of hydrogen-bond acceptors (Lipinski definition) is 6. The van der Waals surface area contributed by atoms with Crippen molar-refractivity contribution in [1.82, 2.24) is 9.97 Å². The van der Waals surface area contributed by atoms with Crippen LogP contribution >= 0.6 is 11.6 Å². The molecule has 3 heterocycles. The van der Waals surface area contributed by atoms with Gasteiger partial charge in [0.2, 0.25) is 5.95 Å². The summed E-state index contributed by atoms with van der Waals surface area (Å²) in [5, 5.41) is 0.642. The standard InChI is InChI=1S/C18H29ClN4O2/c1-24-12-14-3-7-22(8-4-14)17-16(19)11-20-18(21-17)23-9-5-15(6-10-23)13-25-2/h11,14-15H,3-10,12-13H2,1-2H3. The predicted molar refractivity (Wildman–Crippen MR) is 101 cm³/mol. The van der Waals surface area contributed by atoms with Gasteiger partial charge in [0.1, 0.15) is 5.02 Å². The summed E-state index contributed by atoms with van der Waals surface area (Å²) in [5.41, 5.74) is 0. The molecule has 0 aliphatic carbocycles. The summed E-state index contributed by atoms with van der Waals surface area (Å²) in [7, 11) is 3.55. The number of hydrogen-bond donors (Lipinski definition) is 0. The van der Waals surface area contributed by atoms with E-state index in [4.69, 9.17) is 26.1 Å². The minimum absolute atomic E-state index is 0.640. The lowest BCUT2D eigenvalue weighted by molar-refractivity contribution is 0.138. The van der Waals surface area contributed by atoms with E-state index in [1.54, 1.807) is 20.4 Å². The molecule has 0 bridgehead atoms. The largest absolute Gasteiger partial charge is 0.384 e. The highest BCUT2D eigenvalue weighted by Gasteiger charge is 2.25. The van der Waals surface area contributed by atoms with Crippen molar-refractivity contribution in [3.8, 4) is 0 Å². The van der Waals surface area contributed by atoms with Crippen LogP contribution in [-0.4, -0.2) is 63.6 Å². The van der Waals surface area contributed by atoms with Crippen molar-refractivity contribution >= 4 is 23.4 Å². The quantitative estimate of drug-likeness (QED) is 0.769. The lowest BCUT2D eigenvalue weighted by Crippen LogP contribution is -2.38. The van der Waals surface area contributed by atoms with Crippen LogP contribution in [0.15, 0.2) is 6.20 Å². The van der Waals surface area contributed by atoms with Gasteiger partial charge < -0.3 is 19.3 Å². The van der Waals surface area contributed by atoms with Crippen molar-refractivity contribution in [1.29, 1.82) is 0 Å². The van der Waals surface area contributed by atoms with Crippen LogP contribution in [0.3, 0.4) is 0 Å². The summed E-state index contributed by atoms with van der Waals surface area (Å²) in [4.78, 5) is 13.8. The van der Waals surface area contributed by atoms with Gasteiger partial charge >= 0.3 is 0 Å². The Bertz CT molecular complexity index is 544. The highest BCUT2D eigenvalue weighted by atomic mass is 35.5. The number of rotatable bonds is 6. The van der Waals surface area contributed by atoms with Crippen LogP contribution in [0.5, 0.6) is 0 Å². The zero-order valence-corrected chi connectivity index (χ0v) is 16.0. The topological polar surface area (TPSA) is 50.7 Å². The Labute approximate surface area is 155 Å². The smallest absolute Gasteiger partial charge is 0.227 e. The van der Waals surface area contributed by atoms with E-state index >= 15 is 0 Å². The van der Waals surface area contributed by atoms with Crippen LogP contribution in [0.25, 0.3) is 0 Å². The van der Waals surface area contributed by atoms with Gasteiger partial charge in [0, 0.05) is 53.6 Å². The molecule has 0 unspecified atom stereocenters. The molecular formula is C18H29ClN4O2. The normalized spacial score (nSPS) is 20.3. The Kier molecular flexibility index (Phi) is 6.73. The Balaban J connectivity index is 1.63. The minimum atomic E-state index is 0.640. The Morgan fingerprint density at radius 1 is 0.960 bits per heavy atom. The number of piperidine rings is 2. The molecule has 2 fully saturated rings. The predicted octanol–water partition coefficient (Wildman–Crippen LogP) is 2.86. The van der Waals surface area contributed by atoms with Crippen molar-refractivity contribution in [2.45, 2.75) is 25.7 Å². The van der Waals surface area contributed by atoms with E-state index in [9.17, 15) is 0 Å². The van der Waals surface area contributed by atoms with Crippen LogP contribution in [0.1, 0.15) is 25.7 Å². The van der Waals surface area contributed by atoms with E-state index in [0.717, 1.165) is 76.8 Å². The molecule has 2 saturated heterocycles. The van der Waals surface area contributed by atoms with Crippen LogP contribution in [-0.2, 0) is 9.47 Å². The zero-order chi connectivity index (χ0) is 17.6. The molecule has 0 amide bonds. The maximum atomic E-state index is 6.40. The van der Waals surface area contributed by atoms with Crippen LogP contribution < -0.4 is 9.80 Å². The van der Waals surface area contributed by atoms with E-state index in [-0.39, 0.29) is 0 Å². The molecule has 7 heteroatoms. The highest BCUT2D eigenvalue weighted by molar-refractivity contribution is 6.32. The van der Waals surface area contributed by atoms with Gasteiger partial charge in [0.15, 0.2) is 5.82 Å². The second-order valence-electron chi connectivity index (χ2n) is 7.11. The molecule has 3 rings (SSSR count). The minimum Gasteiger partial charge on any atom is -0.384 e. The summed E-state index contributed by atoms with van der Waals surface area (Å²) < 4.78 is 10.6. The molecular weight excluding hydrogens is 340 g/mol. The van der Waals surface area contributed by atoms with Gasteiger partial charge in [-0.1, -0.05) is 11.6 Å². The monoisotopic (exact) mass is 368 g/mol. The van der Waals surface area contributed by atoms with E-state index < -0.39 is 0 Å². The van der Waals surface area contributed by atoms with E-state index in [1.165, 1.54) is 0 Å². The first-order valence-electron chi connectivity index (χ1n) is 9.21. The van der Waals surface area contributed by atoms with Crippen molar-refractivity contribution in [3.63, 3.8) is 0 Å². The molecule has 0 N–H and O–H groups in total. The average molecular weight is 369 g/mol. The Hall–Kier alpha value is -1.11. The molecule has 0 aromatic carbocycles. The van der Waals surface area contributed by atoms with Crippen LogP contribution in [0.4, 0.5) is 11.8 Å². The van der Waals surface area contributed by atoms with Gasteiger partial charge in [0.05, 0.1) is 6.20 Å². The first-order chi connectivity index (χ1) is 12.2. The van der Waals surface area contributed by atoms with Crippen molar-refractivity contribution in [2.24, 2.45) is 11.8 Å². The van der Waals surface area contributed by atoms with Gasteiger partial charge in [-0.3, -0.25) is 0 Å². The number of ether oxygens (including phenoxy) is 2. The summed E-state index contributed by atoms with van der Waals surface area (Å²) >= 11 is 6.40. The lowest BCUT2D eigenvalue weighted by Gasteiger charge is -2.34. The van der Waals surface area contributed by atoms with Crippen molar-refractivity contribution in [2.75, 3.05) is 63.4 Å². The van der Waals surface area contributed by atoms with Gasteiger partial charge in [0.25, 0.3) is 0 Å². The number of anilines is 2. The van der Waals surface area contributed by atoms with Crippen LogP contribution in [0, 0.1) is 11.8 Å². The van der Waals surface area contributed by atoms with E-state index in [2.05, 4.69) is 14.8 Å². The number of aromatic nitrogens is 2. The molecule has 2 aliphatic heterocycles. The summed E-state index contributed by atoms with van der Waals surface area (Å²) in [5.74, 6) is 2.96. The molecule has 2 aliphatic rings. The Morgan fingerprint density at radius 2 is 1.48 bits per heavy atom. The molecule has 1 aromatic rings. The maximum Gasteiger partial charge on any atom is 0.227 e. The number of halogens is 1. The second-order valence-corrected chi connectivity index (χ2v) is 7.52. The number of methoxy groups -OCH3 is 2. The average Bonchev–Trinajstić information content (AvgIpc) is 2.64. The molecule has 6 nitrogen and oxygen atoms in total. The van der Waals surface area contributed by atoms with Gasteiger partial charge in [-0.2, -0.15) is 4.98 Å². The summed E-state index contributed by atoms with van der Waals surface area (Å²) in [6.07, 6.45) is 6.23. The second kappa shape index (κ2) is 9.01. The van der Waals surface area contributed by atoms with Gasteiger partial charge in [-0.25, -0.2) is 4.98 Å². The molecule has 0 radical (unpaired) electrons. The SMILES string of the molecule is COCC1CCN(c2ncc(Cl)c(N3CCC(COC)CC3)n2)CC1. The third-order valence-corrected chi connectivity index (χ3v) is 5.60. The summed E-state index contributed by atoms with van der Waals surface area (Å²) in [6.45, 7) is 5.58. The third kappa shape index (κ3) is 4.74. The van der Waals surface area contributed by atoms with Gasteiger partial charge in [-0.05, 0) is 37.5 Å². The van der Waals surface area contributed by atoms with E-state index in [0.29, 0.717) is 16.9 Å². The first kappa shape index (κ1) is 18.7. The van der Waals surface area contributed by atoms with E-state index in [1.807, 2.05) is 0 Å². The van der Waals surface area contributed by atoms with Gasteiger partial charge in [-0.15, -0.1) is 0 Å².